The zero-order valence-electron chi connectivity index (χ0n) is 10.2. The second-order valence-electron chi connectivity index (χ2n) is 4.66. The number of aromatic nitrogens is 1. The van der Waals surface area contributed by atoms with Gasteiger partial charge in [-0.15, -0.1) is 0 Å². The molecule has 4 nitrogen and oxygen atoms in total. The summed E-state index contributed by atoms with van der Waals surface area (Å²) in [6, 6.07) is 5.83. The maximum absolute atomic E-state index is 8.87. The highest BCUT2D eigenvalue weighted by molar-refractivity contribution is 5.73. The van der Waals surface area contributed by atoms with Gasteiger partial charge in [-0.25, -0.2) is 4.98 Å². The van der Waals surface area contributed by atoms with E-state index in [9.17, 15) is 0 Å². The van der Waals surface area contributed by atoms with Gasteiger partial charge >= 0.3 is 0 Å². The zero-order valence-corrected chi connectivity index (χ0v) is 10.2. The first-order chi connectivity index (χ1) is 8.03. The standard InChI is InChI=1S/C13H18N2O2/c1-9-15-11-5-4-10(8-12(11)17-9)13(2,14)6-3-7-16/h4-5,8,16H,3,6-7,14H2,1-2H3. The second kappa shape index (κ2) is 4.47. The molecule has 1 unspecified atom stereocenters. The van der Waals surface area contributed by atoms with Crippen LogP contribution >= 0.6 is 0 Å². The van der Waals surface area contributed by atoms with E-state index in [4.69, 9.17) is 15.3 Å². The fourth-order valence-electron chi connectivity index (χ4n) is 1.99. The van der Waals surface area contributed by atoms with Crippen molar-refractivity contribution >= 4 is 11.1 Å². The molecule has 0 amide bonds. The predicted octanol–water partition coefficient (Wildman–Crippen LogP) is 2.08. The van der Waals surface area contributed by atoms with Crippen LogP contribution in [0.2, 0.25) is 0 Å². The SMILES string of the molecule is Cc1nc2ccc(C(C)(N)CCCO)cc2o1. The van der Waals surface area contributed by atoms with E-state index in [2.05, 4.69) is 4.98 Å². The molecule has 0 fully saturated rings. The Bertz CT molecular complexity index is 517. The van der Waals surface area contributed by atoms with Crippen LogP contribution in [0.25, 0.3) is 11.1 Å². The van der Waals surface area contributed by atoms with Crippen molar-refractivity contribution in [3.63, 3.8) is 0 Å². The molecule has 2 aromatic rings. The number of aliphatic hydroxyl groups excluding tert-OH is 1. The third-order valence-corrected chi connectivity index (χ3v) is 3.01. The van der Waals surface area contributed by atoms with Crippen molar-refractivity contribution in [1.29, 1.82) is 0 Å². The molecule has 2 rings (SSSR count). The number of nitrogens with zero attached hydrogens (tertiary/aromatic N) is 1. The van der Waals surface area contributed by atoms with Crippen LogP contribution in [-0.2, 0) is 5.54 Å². The molecule has 1 heterocycles. The van der Waals surface area contributed by atoms with Gasteiger partial charge < -0.3 is 15.3 Å². The van der Waals surface area contributed by atoms with Crippen LogP contribution in [-0.4, -0.2) is 16.7 Å². The van der Waals surface area contributed by atoms with Gasteiger partial charge in [0.1, 0.15) is 5.52 Å². The Morgan fingerprint density at radius 3 is 2.94 bits per heavy atom. The lowest BCUT2D eigenvalue weighted by Gasteiger charge is -2.24. The summed E-state index contributed by atoms with van der Waals surface area (Å²) in [4.78, 5) is 4.25. The minimum atomic E-state index is -0.447. The first-order valence-corrected chi connectivity index (χ1v) is 5.80. The van der Waals surface area contributed by atoms with Crippen LogP contribution in [0.1, 0.15) is 31.2 Å². The van der Waals surface area contributed by atoms with Crippen LogP contribution in [0.4, 0.5) is 0 Å². The Kier molecular flexibility index (Phi) is 3.17. The van der Waals surface area contributed by atoms with Gasteiger partial charge in [0, 0.05) is 19.1 Å². The number of nitrogens with two attached hydrogens (primary N) is 1. The van der Waals surface area contributed by atoms with Crippen molar-refractivity contribution in [2.75, 3.05) is 6.61 Å². The average molecular weight is 234 g/mol. The Morgan fingerprint density at radius 1 is 1.47 bits per heavy atom. The van der Waals surface area contributed by atoms with Gasteiger partial charge in [0.2, 0.25) is 0 Å². The van der Waals surface area contributed by atoms with E-state index in [0.29, 0.717) is 12.3 Å². The Balaban J connectivity index is 2.34. The molecule has 1 aromatic heterocycles. The molecular formula is C13H18N2O2. The number of rotatable bonds is 4. The summed E-state index contributed by atoms with van der Waals surface area (Å²) in [6.07, 6.45) is 1.43. The van der Waals surface area contributed by atoms with E-state index in [1.165, 1.54) is 0 Å². The van der Waals surface area contributed by atoms with E-state index >= 15 is 0 Å². The molecule has 0 aliphatic heterocycles. The van der Waals surface area contributed by atoms with Crippen molar-refractivity contribution < 1.29 is 9.52 Å². The van der Waals surface area contributed by atoms with Crippen molar-refractivity contribution in [1.82, 2.24) is 4.98 Å². The highest BCUT2D eigenvalue weighted by Gasteiger charge is 2.21. The van der Waals surface area contributed by atoms with Gasteiger partial charge in [-0.05, 0) is 37.5 Å². The third kappa shape index (κ3) is 2.48. The summed E-state index contributed by atoms with van der Waals surface area (Å²) >= 11 is 0. The smallest absolute Gasteiger partial charge is 0.192 e. The van der Waals surface area contributed by atoms with Gasteiger partial charge in [0.05, 0.1) is 0 Å². The number of oxazole rings is 1. The number of aliphatic hydroxyl groups is 1. The first kappa shape index (κ1) is 12.1. The molecule has 3 N–H and O–H groups in total. The average Bonchev–Trinajstić information content (AvgIpc) is 2.65. The topological polar surface area (TPSA) is 72.3 Å². The largest absolute Gasteiger partial charge is 0.441 e. The number of hydrogen-bond acceptors (Lipinski definition) is 4. The van der Waals surface area contributed by atoms with Gasteiger partial charge in [-0.2, -0.15) is 0 Å². The normalized spacial score (nSPS) is 15.1. The number of fused-ring (bicyclic) bond motifs is 1. The van der Waals surface area contributed by atoms with Gasteiger partial charge in [0.15, 0.2) is 11.5 Å². The Labute approximate surface area is 100 Å². The van der Waals surface area contributed by atoms with Crippen molar-refractivity contribution in [3.05, 3.63) is 29.7 Å². The summed E-state index contributed by atoms with van der Waals surface area (Å²) in [5.74, 6) is 0.659. The molecular weight excluding hydrogens is 216 g/mol. The monoisotopic (exact) mass is 234 g/mol. The maximum Gasteiger partial charge on any atom is 0.192 e. The Morgan fingerprint density at radius 2 is 2.24 bits per heavy atom. The molecule has 1 atom stereocenters. The molecule has 0 aliphatic carbocycles. The van der Waals surface area contributed by atoms with E-state index < -0.39 is 5.54 Å². The summed E-state index contributed by atoms with van der Waals surface area (Å²) in [7, 11) is 0. The lowest BCUT2D eigenvalue weighted by Crippen LogP contribution is -2.33. The highest BCUT2D eigenvalue weighted by Crippen LogP contribution is 2.26. The van der Waals surface area contributed by atoms with Crippen molar-refractivity contribution in [3.8, 4) is 0 Å². The van der Waals surface area contributed by atoms with Crippen LogP contribution in [0, 0.1) is 6.92 Å². The quantitative estimate of drug-likeness (QED) is 0.849. The molecule has 1 aromatic carbocycles. The van der Waals surface area contributed by atoms with Crippen LogP contribution in [0.5, 0.6) is 0 Å². The fourth-order valence-corrected chi connectivity index (χ4v) is 1.99. The molecule has 0 saturated carbocycles. The van der Waals surface area contributed by atoms with E-state index in [-0.39, 0.29) is 6.61 Å². The fraction of sp³-hybridized carbons (Fsp3) is 0.462. The lowest BCUT2D eigenvalue weighted by atomic mass is 9.88. The van der Waals surface area contributed by atoms with Crippen LogP contribution in [0.3, 0.4) is 0 Å². The number of aryl methyl sites for hydroxylation is 1. The van der Waals surface area contributed by atoms with Crippen molar-refractivity contribution in [2.24, 2.45) is 5.73 Å². The van der Waals surface area contributed by atoms with Gasteiger partial charge in [0.25, 0.3) is 0 Å². The molecule has 0 bridgehead atoms. The molecule has 17 heavy (non-hydrogen) atoms. The molecule has 0 spiro atoms. The minimum absolute atomic E-state index is 0.163. The zero-order chi connectivity index (χ0) is 12.5. The number of hydrogen-bond donors (Lipinski definition) is 2. The van der Waals surface area contributed by atoms with Crippen LogP contribution < -0.4 is 5.73 Å². The molecule has 0 aliphatic rings. The second-order valence-corrected chi connectivity index (χ2v) is 4.66. The summed E-state index contributed by atoms with van der Waals surface area (Å²) < 4.78 is 5.49. The molecule has 92 valence electrons. The predicted molar refractivity (Wildman–Crippen MR) is 66.6 cm³/mol. The third-order valence-electron chi connectivity index (χ3n) is 3.01. The van der Waals surface area contributed by atoms with Crippen LogP contribution in [0.15, 0.2) is 22.6 Å². The van der Waals surface area contributed by atoms with Crippen molar-refractivity contribution in [2.45, 2.75) is 32.2 Å². The Hall–Kier alpha value is -1.39. The highest BCUT2D eigenvalue weighted by atomic mass is 16.3. The van der Waals surface area contributed by atoms with Gasteiger partial charge in [-0.3, -0.25) is 0 Å². The van der Waals surface area contributed by atoms with E-state index in [1.54, 1.807) is 0 Å². The first-order valence-electron chi connectivity index (χ1n) is 5.80. The molecule has 0 radical (unpaired) electrons. The molecule has 0 saturated heterocycles. The lowest BCUT2D eigenvalue weighted by molar-refractivity contribution is 0.265. The summed E-state index contributed by atoms with van der Waals surface area (Å²) in [5.41, 5.74) is 8.43. The molecule has 4 heteroatoms. The summed E-state index contributed by atoms with van der Waals surface area (Å²) in [5, 5.41) is 8.87. The summed E-state index contributed by atoms with van der Waals surface area (Å²) in [6.45, 7) is 3.95. The van der Waals surface area contributed by atoms with E-state index in [0.717, 1.165) is 23.1 Å². The minimum Gasteiger partial charge on any atom is -0.441 e. The van der Waals surface area contributed by atoms with Gasteiger partial charge in [-0.1, -0.05) is 6.07 Å². The number of benzene rings is 1. The maximum atomic E-state index is 8.87. The van der Waals surface area contributed by atoms with E-state index in [1.807, 2.05) is 32.0 Å².